The Morgan fingerprint density at radius 1 is 1.19 bits per heavy atom. The molecule has 0 radical (unpaired) electrons. The molecule has 0 aromatic heterocycles. The second-order valence-corrected chi connectivity index (χ2v) is 8.92. The molecule has 0 aliphatic carbocycles. The fourth-order valence-corrected chi connectivity index (χ4v) is 5.15. The van der Waals surface area contributed by atoms with Gasteiger partial charge in [0.05, 0.1) is 30.1 Å². The summed E-state index contributed by atoms with van der Waals surface area (Å²) in [5.74, 6) is 1.02. The third-order valence-corrected chi connectivity index (χ3v) is 7.03. The lowest BCUT2D eigenvalue weighted by Crippen LogP contribution is -2.43. The zero-order valence-corrected chi connectivity index (χ0v) is 17.7. The summed E-state index contributed by atoms with van der Waals surface area (Å²) in [6.07, 6.45) is 7.51. The average Bonchev–Trinajstić information content (AvgIpc) is 3.49. The SMILES string of the molecule is N#Cc1ccc(C(=O)N2CCC(CN3CCC4=CC(C5C=NNC5)=NCC43)CC2)cc1. The Balaban J connectivity index is 1.13. The first kappa shape index (κ1) is 20.0. The van der Waals surface area contributed by atoms with E-state index in [1.807, 2.05) is 11.1 Å². The van der Waals surface area contributed by atoms with Crippen molar-refractivity contribution >= 4 is 17.8 Å². The second-order valence-electron chi connectivity index (χ2n) is 8.92. The highest BCUT2D eigenvalue weighted by molar-refractivity contribution is 6.07. The number of amides is 1. The highest BCUT2D eigenvalue weighted by atomic mass is 16.2. The molecular formula is C24H28N6O. The van der Waals surface area contributed by atoms with Gasteiger partial charge in [-0.05, 0) is 61.1 Å². The molecule has 160 valence electrons. The molecule has 4 aliphatic rings. The number of allylic oxidation sites excluding steroid dienone is 1. The Morgan fingerprint density at radius 2 is 2.00 bits per heavy atom. The number of nitrogens with one attached hydrogen (secondary N) is 1. The maximum absolute atomic E-state index is 12.8. The summed E-state index contributed by atoms with van der Waals surface area (Å²) in [4.78, 5) is 22.2. The molecular weight excluding hydrogens is 388 g/mol. The summed E-state index contributed by atoms with van der Waals surface area (Å²) in [6.45, 7) is 5.54. The van der Waals surface area contributed by atoms with E-state index in [0.29, 0.717) is 29.0 Å². The first-order chi connectivity index (χ1) is 15.2. The van der Waals surface area contributed by atoms with Crippen LogP contribution >= 0.6 is 0 Å². The monoisotopic (exact) mass is 416 g/mol. The molecule has 2 atom stereocenters. The van der Waals surface area contributed by atoms with E-state index in [2.05, 4.69) is 27.6 Å². The van der Waals surface area contributed by atoms with E-state index in [0.717, 1.165) is 58.5 Å². The minimum atomic E-state index is 0.0772. The number of rotatable bonds is 4. The summed E-state index contributed by atoms with van der Waals surface area (Å²) in [6, 6.07) is 9.50. The Morgan fingerprint density at radius 3 is 2.71 bits per heavy atom. The van der Waals surface area contributed by atoms with Crippen molar-refractivity contribution in [2.75, 3.05) is 39.3 Å². The number of hydrogen-bond acceptors (Lipinski definition) is 6. The maximum atomic E-state index is 12.8. The van der Waals surface area contributed by atoms with E-state index in [1.54, 1.807) is 24.3 Å². The van der Waals surface area contributed by atoms with Crippen LogP contribution in [0.5, 0.6) is 0 Å². The number of dihydropyridines is 1. The number of carbonyl (C=O) groups excluding carboxylic acids is 1. The molecule has 7 heteroatoms. The zero-order valence-electron chi connectivity index (χ0n) is 17.7. The van der Waals surface area contributed by atoms with Gasteiger partial charge in [0.1, 0.15) is 0 Å². The number of benzene rings is 1. The number of aliphatic imine (C=N–C) groups is 1. The topological polar surface area (TPSA) is 84.1 Å². The van der Waals surface area contributed by atoms with Gasteiger partial charge in [0.15, 0.2) is 0 Å². The lowest BCUT2D eigenvalue weighted by Gasteiger charge is -2.36. The van der Waals surface area contributed by atoms with Gasteiger partial charge in [-0.2, -0.15) is 10.4 Å². The number of fused-ring (bicyclic) bond motifs is 1. The summed E-state index contributed by atoms with van der Waals surface area (Å²) in [5.41, 5.74) is 6.99. The fraction of sp³-hybridized carbons (Fsp3) is 0.500. The molecule has 31 heavy (non-hydrogen) atoms. The summed E-state index contributed by atoms with van der Waals surface area (Å²) in [5, 5.41) is 13.1. The first-order valence-electron chi connectivity index (χ1n) is 11.3. The third kappa shape index (κ3) is 4.13. The molecule has 4 aliphatic heterocycles. The Bertz CT molecular complexity index is 965. The Hall–Kier alpha value is -2.98. The molecule has 2 fully saturated rings. The van der Waals surface area contributed by atoms with Crippen LogP contribution in [0.15, 0.2) is 46.0 Å². The molecule has 0 bridgehead atoms. The van der Waals surface area contributed by atoms with Gasteiger partial charge in [-0.1, -0.05) is 0 Å². The van der Waals surface area contributed by atoms with Crippen LogP contribution in [-0.4, -0.2) is 72.9 Å². The molecule has 1 aromatic rings. The van der Waals surface area contributed by atoms with Crippen molar-refractivity contribution in [3.63, 3.8) is 0 Å². The van der Waals surface area contributed by atoms with Gasteiger partial charge in [0.25, 0.3) is 5.91 Å². The van der Waals surface area contributed by atoms with Gasteiger partial charge in [-0.3, -0.25) is 14.7 Å². The van der Waals surface area contributed by atoms with Crippen molar-refractivity contribution < 1.29 is 4.79 Å². The molecule has 2 saturated heterocycles. The van der Waals surface area contributed by atoms with Crippen LogP contribution < -0.4 is 5.43 Å². The first-order valence-corrected chi connectivity index (χ1v) is 11.3. The smallest absolute Gasteiger partial charge is 0.253 e. The number of nitriles is 1. The lowest BCUT2D eigenvalue weighted by atomic mass is 9.94. The number of piperidine rings is 1. The van der Waals surface area contributed by atoms with E-state index in [9.17, 15) is 4.79 Å². The Labute approximate surface area is 183 Å². The summed E-state index contributed by atoms with van der Waals surface area (Å²) in [7, 11) is 0. The minimum Gasteiger partial charge on any atom is -0.339 e. The van der Waals surface area contributed by atoms with Crippen molar-refractivity contribution in [1.29, 1.82) is 5.26 Å². The van der Waals surface area contributed by atoms with Crippen LogP contribution in [0.4, 0.5) is 0 Å². The van der Waals surface area contributed by atoms with Crippen molar-refractivity contribution in [3.8, 4) is 6.07 Å². The molecule has 1 amide bonds. The predicted octanol–water partition coefficient (Wildman–Crippen LogP) is 2.07. The van der Waals surface area contributed by atoms with Gasteiger partial charge in [-0.15, -0.1) is 0 Å². The highest BCUT2D eigenvalue weighted by Gasteiger charge is 2.34. The van der Waals surface area contributed by atoms with Gasteiger partial charge in [0, 0.05) is 50.2 Å². The molecule has 5 rings (SSSR count). The van der Waals surface area contributed by atoms with Gasteiger partial charge in [0.2, 0.25) is 0 Å². The lowest BCUT2D eigenvalue weighted by molar-refractivity contribution is 0.0666. The van der Waals surface area contributed by atoms with E-state index >= 15 is 0 Å². The van der Waals surface area contributed by atoms with E-state index < -0.39 is 0 Å². The molecule has 1 aromatic carbocycles. The number of likely N-dealkylation sites (tertiary alicyclic amines) is 2. The van der Waals surface area contributed by atoms with Crippen LogP contribution in [0.2, 0.25) is 0 Å². The predicted molar refractivity (Wildman–Crippen MR) is 120 cm³/mol. The molecule has 4 heterocycles. The molecule has 2 unspecified atom stereocenters. The number of hydrazone groups is 1. The van der Waals surface area contributed by atoms with Crippen LogP contribution in [0, 0.1) is 23.2 Å². The van der Waals surface area contributed by atoms with Gasteiger partial charge in [-0.25, -0.2) is 0 Å². The van der Waals surface area contributed by atoms with Crippen molar-refractivity contribution in [2.24, 2.45) is 21.9 Å². The fourth-order valence-electron chi connectivity index (χ4n) is 5.15. The van der Waals surface area contributed by atoms with Crippen molar-refractivity contribution in [2.45, 2.75) is 25.3 Å². The molecule has 0 spiro atoms. The molecule has 0 saturated carbocycles. The van der Waals surface area contributed by atoms with Crippen LogP contribution in [0.25, 0.3) is 0 Å². The number of hydrogen-bond donors (Lipinski definition) is 1. The van der Waals surface area contributed by atoms with Crippen LogP contribution in [0.3, 0.4) is 0 Å². The van der Waals surface area contributed by atoms with E-state index in [1.165, 1.54) is 11.3 Å². The zero-order chi connectivity index (χ0) is 21.2. The maximum Gasteiger partial charge on any atom is 0.253 e. The van der Waals surface area contributed by atoms with Crippen molar-refractivity contribution in [1.82, 2.24) is 15.2 Å². The quantitative estimate of drug-likeness (QED) is 0.814. The molecule has 1 N–H and O–H groups in total. The van der Waals surface area contributed by atoms with E-state index in [-0.39, 0.29) is 5.91 Å². The molecule has 7 nitrogen and oxygen atoms in total. The van der Waals surface area contributed by atoms with Crippen LogP contribution in [0.1, 0.15) is 35.2 Å². The third-order valence-electron chi connectivity index (χ3n) is 7.03. The van der Waals surface area contributed by atoms with Crippen molar-refractivity contribution in [3.05, 3.63) is 47.0 Å². The Kier molecular flexibility index (Phi) is 5.56. The highest BCUT2D eigenvalue weighted by Crippen LogP contribution is 2.30. The standard InChI is InChI=1S/C24H28N6O/c25-12-17-1-3-19(4-2-17)24(31)29-8-5-18(6-9-29)16-30-10-7-20-11-22(26-15-23(20)30)21-13-27-28-14-21/h1-4,11,13,18,21,23,28H,5-10,14-16H2. The van der Waals surface area contributed by atoms with Gasteiger partial charge >= 0.3 is 0 Å². The summed E-state index contributed by atoms with van der Waals surface area (Å²) >= 11 is 0. The van der Waals surface area contributed by atoms with Gasteiger partial charge < -0.3 is 10.3 Å². The van der Waals surface area contributed by atoms with Crippen LogP contribution in [-0.2, 0) is 0 Å². The average molecular weight is 417 g/mol. The number of nitrogens with zero attached hydrogens (tertiary/aromatic N) is 5. The number of carbonyl (C=O) groups is 1. The summed E-state index contributed by atoms with van der Waals surface area (Å²) < 4.78 is 0. The largest absolute Gasteiger partial charge is 0.339 e. The minimum absolute atomic E-state index is 0.0772. The normalized spacial score (nSPS) is 26.1. The second kappa shape index (κ2) is 8.64. The van der Waals surface area contributed by atoms with E-state index in [4.69, 9.17) is 10.3 Å².